The summed E-state index contributed by atoms with van der Waals surface area (Å²) in [6.45, 7) is 2.97. The lowest BCUT2D eigenvalue weighted by Gasteiger charge is -2.38. The third-order valence-corrected chi connectivity index (χ3v) is 5.98. The lowest BCUT2D eigenvalue weighted by atomic mass is 9.87. The van der Waals surface area contributed by atoms with E-state index in [9.17, 15) is 4.79 Å². The van der Waals surface area contributed by atoms with Crippen LogP contribution in [0.4, 0.5) is 0 Å². The van der Waals surface area contributed by atoms with Gasteiger partial charge in [-0.3, -0.25) is 4.79 Å². The summed E-state index contributed by atoms with van der Waals surface area (Å²) in [4.78, 5) is 15.8. The van der Waals surface area contributed by atoms with Gasteiger partial charge in [0.05, 0.1) is 39.5 Å². The molecule has 4 rings (SSSR count). The van der Waals surface area contributed by atoms with E-state index in [1.165, 1.54) is 0 Å². The topological polar surface area (TPSA) is 57.2 Å². The van der Waals surface area contributed by atoms with Gasteiger partial charge in [-0.15, -0.1) is 0 Å². The van der Waals surface area contributed by atoms with Gasteiger partial charge in [-0.2, -0.15) is 0 Å². The number of carbonyl (C=O) groups excluding carboxylic acids is 1. The summed E-state index contributed by atoms with van der Waals surface area (Å²) in [6.07, 6.45) is 0.713. The third-order valence-electron chi connectivity index (χ3n) is 5.98. The Balaban J connectivity index is 1.84. The summed E-state index contributed by atoms with van der Waals surface area (Å²) in [5.41, 5.74) is 3.70. The fraction of sp³-hybridized carbons (Fsp3) is 0.296. The molecule has 3 aromatic carbocycles. The van der Waals surface area contributed by atoms with Crippen LogP contribution in [0, 0.1) is 0 Å². The molecule has 0 N–H and O–H groups in total. The number of rotatable bonds is 7. The van der Waals surface area contributed by atoms with Gasteiger partial charge in [0.25, 0.3) is 5.91 Å². The summed E-state index contributed by atoms with van der Waals surface area (Å²) in [6, 6.07) is 19.0. The molecule has 0 saturated carbocycles. The maximum absolute atomic E-state index is 13.9. The molecular formula is C27H29NO5. The van der Waals surface area contributed by atoms with Crippen molar-refractivity contribution in [3.8, 4) is 23.0 Å². The van der Waals surface area contributed by atoms with E-state index < -0.39 is 0 Å². The molecule has 33 heavy (non-hydrogen) atoms. The summed E-state index contributed by atoms with van der Waals surface area (Å²) in [7, 11) is 4.90. The minimum atomic E-state index is -0.290. The maximum atomic E-state index is 13.9. The molecule has 172 valence electrons. The molecule has 0 spiro atoms. The number of ether oxygens (including phenoxy) is 4. The van der Waals surface area contributed by atoms with Crippen LogP contribution in [-0.2, 0) is 6.42 Å². The van der Waals surface area contributed by atoms with Gasteiger partial charge >= 0.3 is 0 Å². The molecule has 6 nitrogen and oxygen atoms in total. The van der Waals surface area contributed by atoms with Crippen LogP contribution in [-0.4, -0.2) is 45.3 Å². The first-order valence-electron chi connectivity index (χ1n) is 11.0. The normalized spacial score (nSPS) is 14.9. The number of hydrogen-bond donors (Lipinski definition) is 0. The van der Waals surface area contributed by atoms with Gasteiger partial charge in [-0.25, -0.2) is 0 Å². The number of para-hydroxylation sites is 1. The van der Waals surface area contributed by atoms with Crippen LogP contribution < -0.4 is 18.9 Å². The van der Waals surface area contributed by atoms with Crippen molar-refractivity contribution in [3.63, 3.8) is 0 Å². The Labute approximate surface area is 194 Å². The van der Waals surface area contributed by atoms with Crippen molar-refractivity contribution in [3.05, 3.63) is 82.9 Å². The number of benzene rings is 3. The molecule has 1 atom stereocenters. The average molecular weight is 448 g/mol. The minimum absolute atomic E-state index is 0.0692. The van der Waals surface area contributed by atoms with Crippen molar-refractivity contribution in [2.45, 2.75) is 19.4 Å². The molecule has 6 heteroatoms. The van der Waals surface area contributed by atoms with Crippen LogP contribution >= 0.6 is 0 Å². The lowest BCUT2D eigenvalue weighted by Crippen LogP contribution is -2.40. The van der Waals surface area contributed by atoms with Crippen molar-refractivity contribution < 1.29 is 23.7 Å². The molecule has 0 aliphatic carbocycles. The van der Waals surface area contributed by atoms with Gasteiger partial charge in [0.15, 0.2) is 11.5 Å². The number of amides is 1. The number of fused-ring (bicyclic) bond motifs is 1. The van der Waals surface area contributed by atoms with E-state index in [1.807, 2.05) is 72.5 Å². The Morgan fingerprint density at radius 2 is 1.61 bits per heavy atom. The van der Waals surface area contributed by atoms with Gasteiger partial charge in [0.1, 0.15) is 11.5 Å². The summed E-state index contributed by atoms with van der Waals surface area (Å²) >= 11 is 0. The van der Waals surface area contributed by atoms with Gasteiger partial charge in [0.2, 0.25) is 0 Å². The highest BCUT2D eigenvalue weighted by Crippen LogP contribution is 2.42. The average Bonchev–Trinajstić information content (AvgIpc) is 2.87. The number of carbonyl (C=O) groups is 1. The van der Waals surface area contributed by atoms with Gasteiger partial charge in [0, 0.05) is 6.54 Å². The molecule has 1 aliphatic heterocycles. The fourth-order valence-electron chi connectivity index (χ4n) is 4.39. The first kappa shape index (κ1) is 22.5. The standard InChI is InChI=1S/C27H29NO5/c1-5-33-23-9-7-6-8-21(23)27(29)28-15-14-19-16-24(31-3)25(32-4)17-22(19)26(28)18-10-12-20(30-2)13-11-18/h6-13,16-17,26H,5,14-15H2,1-4H3/t26-/m1/s1. The predicted octanol–water partition coefficient (Wildman–Crippen LogP) is 4.90. The largest absolute Gasteiger partial charge is 0.497 e. The highest BCUT2D eigenvalue weighted by atomic mass is 16.5. The number of hydrogen-bond acceptors (Lipinski definition) is 5. The van der Waals surface area contributed by atoms with E-state index in [-0.39, 0.29) is 11.9 Å². The molecule has 1 heterocycles. The molecule has 0 unspecified atom stereocenters. The Hall–Kier alpha value is -3.67. The van der Waals surface area contributed by atoms with Crippen LogP contribution in [0.2, 0.25) is 0 Å². The first-order chi connectivity index (χ1) is 16.1. The van der Waals surface area contributed by atoms with E-state index >= 15 is 0 Å². The first-order valence-corrected chi connectivity index (χ1v) is 11.0. The molecule has 0 radical (unpaired) electrons. The molecule has 0 aromatic heterocycles. The number of nitrogens with zero attached hydrogens (tertiary/aromatic N) is 1. The molecule has 1 amide bonds. The van der Waals surface area contributed by atoms with E-state index in [0.29, 0.717) is 42.4 Å². The summed E-state index contributed by atoms with van der Waals surface area (Å²) < 4.78 is 22.2. The number of methoxy groups -OCH3 is 3. The minimum Gasteiger partial charge on any atom is -0.497 e. The predicted molar refractivity (Wildman–Crippen MR) is 127 cm³/mol. The third kappa shape index (κ3) is 4.33. The Morgan fingerprint density at radius 1 is 0.909 bits per heavy atom. The van der Waals surface area contributed by atoms with E-state index in [2.05, 4.69) is 0 Å². The van der Waals surface area contributed by atoms with Crippen LogP contribution in [0.5, 0.6) is 23.0 Å². The van der Waals surface area contributed by atoms with E-state index in [1.54, 1.807) is 21.3 Å². The van der Waals surface area contributed by atoms with Crippen molar-refractivity contribution in [2.75, 3.05) is 34.5 Å². The second-order valence-corrected chi connectivity index (χ2v) is 7.76. The Morgan fingerprint density at radius 3 is 2.27 bits per heavy atom. The fourth-order valence-corrected chi connectivity index (χ4v) is 4.39. The molecule has 0 fully saturated rings. The molecule has 0 bridgehead atoms. The maximum Gasteiger partial charge on any atom is 0.258 e. The SMILES string of the molecule is CCOc1ccccc1C(=O)N1CCc2cc(OC)c(OC)cc2[C@H]1c1ccc(OC)cc1. The van der Waals surface area contributed by atoms with Gasteiger partial charge in [-0.05, 0) is 66.4 Å². The van der Waals surface area contributed by atoms with E-state index in [4.69, 9.17) is 18.9 Å². The highest BCUT2D eigenvalue weighted by Gasteiger charge is 2.34. The molecule has 0 saturated heterocycles. The zero-order valence-electron chi connectivity index (χ0n) is 19.5. The van der Waals surface area contributed by atoms with E-state index in [0.717, 1.165) is 22.4 Å². The smallest absolute Gasteiger partial charge is 0.258 e. The van der Waals surface area contributed by atoms with Crippen molar-refractivity contribution >= 4 is 5.91 Å². The summed E-state index contributed by atoms with van der Waals surface area (Å²) in [5, 5.41) is 0. The van der Waals surface area contributed by atoms with Crippen LogP contribution in [0.1, 0.15) is 40.0 Å². The van der Waals surface area contributed by atoms with Crippen molar-refractivity contribution in [1.82, 2.24) is 4.90 Å². The zero-order chi connectivity index (χ0) is 23.4. The quantitative estimate of drug-likeness (QED) is 0.516. The second-order valence-electron chi connectivity index (χ2n) is 7.76. The van der Waals surface area contributed by atoms with Crippen LogP contribution in [0.25, 0.3) is 0 Å². The summed E-state index contributed by atoms with van der Waals surface area (Å²) in [5.74, 6) is 2.61. The van der Waals surface area contributed by atoms with Crippen LogP contribution in [0.3, 0.4) is 0 Å². The Bertz CT molecular complexity index is 1130. The van der Waals surface area contributed by atoms with Crippen molar-refractivity contribution in [2.24, 2.45) is 0 Å². The lowest BCUT2D eigenvalue weighted by molar-refractivity contribution is 0.0690. The second kappa shape index (κ2) is 9.86. The van der Waals surface area contributed by atoms with Crippen molar-refractivity contribution in [1.29, 1.82) is 0 Å². The van der Waals surface area contributed by atoms with Gasteiger partial charge < -0.3 is 23.8 Å². The Kier molecular flexibility index (Phi) is 6.73. The highest BCUT2D eigenvalue weighted by molar-refractivity contribution is 5.97. The van der Waals surface area contributed by atoms with Gasteiger partial charge in [-0.1, -0.05) is 24.3 Å². The van der Waals surface area contributed by atoms with Crippen LogP contribution in [0.15, 0.2) is 60.7 Å². The molecule has 3 aromatic rings. The molecular weight excluding hydrogens is 418 g/mol. The monoisotopic (exact) mass is 447 g/mol. The molecule has 1 aliphatic rings. The zero-order valence-corrected chi connectivity index (χ0v) is 19.5.